The monoisotopic (exact) mass is 214 g/mol. The Morgan fingerprint density at radius 2 is 1.87 bits per heavy atom. The third-order valence-corrected chi connectivity index (χ3v) is 3.14. The first-order valence-electron chi connectivity index (χ1n) is 5.19. The van der Waals surface area contributed by atoms with Gasteiger partial charge in [0.1, 0.15) is 6.10 Å². The molecule has 5 heteroatoms. The minimum absolute atomic E-state index is 0.211. The van der Waals surface area contributed by atoms with Crippen molar-refractivity contribution in [3.8, 4) is 0 Å². The van der Waals surface area contributed by atoms with Gasteiger partial charge < -0.3 is 18.9 Å². The summed E-state index contributed by atoms with van der Waals surface area (Å²) >= 11 is 0. The van der Waals surface area contributed by atoms with Gasteiger partial charge in [-0.2, -0.15) is 0 Å². The highest BCUT2D eigenvalue weighted by Gasteiger charge is 2.61. The molecule has 3 fully saturated rings. The van der Waals surface area contributed by atoms with Crippen LogP contribution >= 0.6 is 0 Å². The van der Waals surface area contributed by atoms with Crippen LogP contribution in [0.2, 0.25) is 0 Å². The van der Waals surface area contributed by atoms with Crippen molar-refractivity contribution in [3.05, 3.63) is 0 Å². The highest BCUT2D eigenvalue weighted by Crippen LogP contribution is 2.43. The van der Waals surface area contributed by atoms with E-state index in [0.29, 0.717) is 0 Å². The van der Waals surface area contributed by atoms with Gasteiger partial charge in [0.2, 0.25) is 0 Å². The lowest BCUT2D eigenvalue weighted by molar-refractivity contribution is -0.211. The molecule has 0 aromatic rings. The highest BCUT2D eigenvalue weighted by molar-refractivity contribution is 5.75. The molecule has 0 aliphatic carbocycles. The summed E-state index contributed by atoms with van der Waals surface area (Å²) in [7, 11) is 0. The summed E-state index contributed by atoms with van der Waals surface area (Å²) in [6.45, 7) is 5.45. The Labute approximate surface area is 87.6 Å². The van der Waals surface area contributed by atoms with E-state index in [-0.39, 0.29) is 30.2 Å². The Hall–Kier alpha value is -0.650. The third kappa shape index (κ3) is 1.23. The van der Waals surface area contributed by atoms with Crippen molar-refractivity contribution in [3.63, 3.8) is 0 Å². The van der Waals surface area contributed by atoms with Crippen LogP contribution in [0.5, 0.6) is 0 Å². The van der Waals surface area contributed by atoms with E-state index in [2.05, 4.69) is 0 Å². The van der Waals surface area contributed by atoms with Crippen molar-refractivity contribution in [2.45, 2.75) is 51.2 Å². The summed E-state index contributed by atoms with van der Waals surface area (Å²) in [5.74, 6) is -1.09. The third-order valence-electron chi connectivity index (χ3n) is 3.14. The fraction of sp³-hybridized carbons (Fsp3) is 0.900. The SMILES string of the molecule is C[C@@H]1C(=O)O[C@@H]2[C@H]3OC(C)(C)O[C@H]3O[C@@H]21. The lowest BCUT2D eigenvalue weighted by atomic mass is 10.0. The van der Waals surface area contributed by atoms with Crippen molar-refractivity contribution in [1.29, 1.82) is 0 Å². The predicted octanol–water partition coefficient (Wildman–Crippen LogP) is 0.424. The molecule has 3 rings (SSSR count). The van der Waals surface area contributed by atoms with Gasteiger partial charge in [-0.15, -0.1) is 0 Å². The van der Waals surface area contributed by atoms with E-state index in [0.717, 1.165) is 0 Å². The minimum Gasteiger partial charge on any atom is -0.456 e. The Balaban J connectivity index is 1.83. The van der Waals surface area contributed by atoms with Gasteiger partial charge in [-0.3, -0.25) is 4.79 Å². The number of rotatable bonds is 0. The average molecular weight is 214 g/mol. The van der Waals surface area contributed by atoms with Crippen LogP contribution < -0.4 is 0 Å². The molecule has 3 aliphatic heterocycles. The number of carbonyl (C=O) groups excluding carboxylic acids is 1. The molecule has 0 aromatic carbocycles. The molecule has 0 saturated carbocycles. The first-order chi connectivity index (χ1) is 6.98. The first kappa shape index (κ1) is 9.57. The van der Waals surface area contributed by atoms with Gasteiger partial charge in [-0.1, -0.05) is 0 Å². The summed E-state index contributed by atoms with van der Waals surface area (Å²) in [6, 6.07) is 0. The number of hydrogen-bond acceptors (Lipinski definition) is 5. The quantitative estimate of drug-likeness (QED) is 0.547. The van der Waals surface area contributed by atoms with E-state index in [1.807, 2.05) is 13.8 Å². The Bertz CT molecular complexity index is 313. The first-order valence-corrected chi connectivity index (χ1v) is 5.19. The Morgan fingerprint density at radius 3 is 2.60 bits per heavy atom. The molecular weight excluding hydrogens is 200 g/mol. The molecule has 5 atom stereocenters. The fourth-order valence-electron chi connectivity index (χ4n) is 2.42. The maximum absolute atomic E-state index is 11.3. The van der Waals surface area contributed by atoms with Gasteiger partial charge in [-0.05, 0) is 20.8 Å². The summed E-state index contributed by atoms with van der Waals surface area (Å²) in [5.41, 5.74) is 0. The van der Waals surface area contributed by atoms with Crippen LogP contribution in [0, 0.1) is 5.92 Å². The van der Waals surface area contributed by atoms with Crippen LogP contribution in [0.15, 0.2) is 0 Å². The normalized spacial score (nSPS) is 51.4. The van der Waals surface area contributed by atoms with Crippen LogP contribution in [-0.4, -0.2) is 36.4 Å². The lowest BCUT2D eigenvalue weighted by Crippen LogP contribution is -2.33. The second kappa shape index (κ2) is 2.72. The number of carbonyl (C=O) groups is 1. The van der Waals surface area contributed by atoms with Crippen molar-refractivity contribution in [2.75, 3.05) is 0 Å². The highest BCUT2D eigenvalue weighted by atomic mass is 16.8. The van der Waals surface area contributed by atoms with Crippen LogP contribution in [0.25, 0.3) is 0 Å². The second-order valence-electron chi connectivity index (χ2n) is 4.76. The maximum atomic E-state index is 11.3. The zero-order valence-corrected chi connectivity index (χ0v) is 8.93. The van der Waals surface area contributed by atoms with Gasteiger partial charge in [-0.25, -0.2) is 0 Å². The number of hydrogen-bond donors (Lipinski definition) is 0. The predicted molar refractivity (Wildman–Crippen MR) is 47.7 cm³/mol. The van der Waals surface area contributed by atoms with Gasteiger partial charge in [0.25, 0.3) is 0 Å². The van der Waals surface area contributed by atoms with Crippen molar-refractivity contribution < 1.29 is 23.7 Å². The molecule has 84 valence electrons. The topological polar surface area (TPSA) is 54.0 Å². The number of esters is 1. The zero-order valence-electron chi connectivity index (χ0n) is 8.93. The Morgan fingerprint density at radius 1 is 1.13 bits per heavy atom. The average Bonchev–Trinajstić information content (AvgIpc) is 2.66. The molecule has 15 heavy (non-hydrogen) atoms. The minimum atomic E-state index is -0.654. The van der Waals surface area contributed by atoms with Gasteiger partial charge in [0.05, 0.1) is 5.92 Å². The van der Waals surface area contributed by atoms with Crippen LogP contribution in [-0.2, 0) is 23.7 Å². The van der Waals surface area contributed by atoms with E-state index >= 15 is 0 Å². The largest absolute Gasteiger partial charge is 0.456 e. The maximum Gasteiger partial charge on any atom is 0.311 e. The molecule has 0 N–H and O–H groups in total. The van der Waals surface area contributed by atoms with Gasteiger partial charge >= 0.3 is 5.97 Å². The van der Waals surface area contributed by atoms with Crippen molar-refractivity contribution in [2.24, 2.45) is 5.92 Å². The molecule has 3 aliphatic rings. The fourth-order valence-corrected chi connectivity index (χ4v) is 2.42. The summed E-state index contributed by atoms with van der Waals surface area (Å²) in [4.78, 5) is 11.3. The van der Waals surface area contributed by atoms with E-state index in [1.165, 1.54) is 0 Å². The van der Waals surface area contributed by atoms with Crippen molar-refractivity contribution in [1.82, 2.24) is 0 Å². The molecule has 0 amide bonds. The molecule has 0 bridgehead atoms. The zero-order chi connectivity index (χ0) is 10.8. The standard InChI is InChI=1S/C10H14O5/c1-4-5-6(12-8(4)11)7-9(13-5)15-10(2,3)14-7/h4-7,9H,1-3H3/t4-,5+,6-,7+,9+/m0/s1. The molecule has 3 saturated heterocycles. The summed E-state index contributed by atoms with van der Waals surface area (Å²) in [6.07, 6.45) is -1.20. The lowest BCUT2D eigenvalue weighted by Gasteiger charge is -2.21. The van der Waals surface area contributed by atoms with Crippen LogP contribution in [0.3, 0.4) is 0 Å². The van der Waals surface area contributed by atoms with E-state index in [4.69, 9.17) is 18.9 Å². The van der Waals surface area contributed by atoms with Gasteiger partial charge in [0.15, 0.2) is 24.3 Å². The molecular formula is C10H14O5. The van der Waals surface area contributed by atoms with E-state index in [9.17, 15) is 4.79 Å². The van der Waals surface area contributed by atoms with E-state index in [1.54, 1.807) is 6.92 Å². The number of fused-ring (bicyclic) bond motifs is 3. The van der Waals surface area contributed by atoms with E-state index < -0.39 is 12.1 Å². The summed E-state index contributed by atoms with van der Waals surface area (Å²) < 4.78 is 22.1. The molecule has 0 spiro atoms. The molecule has 5 nitrogen and oxygen atoms in total. The second-order valence-corrected chi connectivity index (χ2v) is 4.76. The number of ether oxygens (including phenoxy) is 4. The smallest absolute Gasteiger partial charge is 0.311 e. The molecule has 0 aromatic heterocycles. The summed E-state index contributed by atoms with van der Waals surface area (Å²) in [5, 5.41) is 0. The molecule has 3 heterocycles. The molecule has 0 unspecified atom stereocenters. The Kier molecular flexibility index (Phi) is 1.74. The van der Waals surface area contributed by atoms with Crippen LogP contribution in [0.1, 0.15) is 20.8 Å². The van der Waals surface area contributed by atoms with Crippen LogP contribution in [0.4, 0.5) is 0 Å². The molecule has 0 radical (unpaired) electrons. The van der Waals surface area contributed by atoms with Crippen molar-refractivity contribution >= 4 is 5.97 Å². The van der Waals surface area contributed by atoms with Gasteiger partial charge in [0, 0.05) is 0 Å².